The number of ether oxygens (including phenoxy) is 2. The predicted molar refractivity (Wildman–Crippen MR) is 91.0 cm³/mol. The first-order valence-corrected chi connectivity index (χ1v) is 7.40. The molecule has 0 radical (unpaired) electrons. The van der Waals surface area contributed by atoms with E-state index < -0.39 is 0 Å². The van der Waals surface area contributed by atoms with Crippen LogP contribution < -0.4 is 9.47 Å². The van der Waals surface area contributed by atoms with Crippen molar-refractivity contribution in [1.29, 1.82) is 0 Å². The van der Waals surface area contributed by atoms with Crippen molar-refractivity contribution in [1.82, 2.24) is 9.97 Å². The molecule has 0 aliphatic carbocycles. The molecule has 0 amide bonds. The third kappa shape index (κ3) is 3.27. The summed E-state index contributed by atoms with van der Waals surface area (Å²) in [6, 6.07) is 15.3. The van der Waals surface area contributed by atoms with Crippen molar-refractivity contribution in [2.24, 2.45) is 0 Å². The molecule has 0 saturated heterocycles. The van der Waals surface area contributed by atoms with Crippen molar-refractivity contribution in [3.05, 3.63) is 59.9 Å². The number of halogens is 1. The third-order valence-electron chi connectivity index (χ3n) is 3.47. The summed E-state index contributed by atoms with van der Waals surface area (Å²) in [5, 5.41) is 0.355. The van der Waals surface area contributed by atoms with Crippen LogP contribution in [-0.2, 0) is 0 Å². The molecule has 0 saturated carbocycles. The van der Waals surface area contributed by atoms with Gasteiger partial charge in [-0.25, -0.2) is 4.98 Å². The second-order valence-electron chi connectivity index (χ2n) is 4.85. The molecule has 0 fully saturated rings. The van der Waals surface area contributed by atoms with Gasteiger partial charge in [0, 0.05) is 11.1 Å². The van der Waals surface area contributed by atoms with E-state index in [4.69, 9.17) is 21.1 Å². The molecule has 0 aliphatic heterocycles. The Morgan fingerprint density at radius 3 is 1.70 bits per heavy atom. The molecule has 0 N–H and O–H groups in total. The second kappa shape index (κ2) is 6.67. The molecule has 0 spiro atoms. The van der Waals surface area contributed by atoms with Crippen molar-refractivity contribution in [3.63, 3.8) is 0 Å². The summed E-state index contributed by atoms with van der Waals surface area (Å²) >= 11 is 6.04. The van der Waals surface area contributed by atoms with Crippen LogP contribution in [-0.4, -0.2) is 24.2 Å². The lowest BCUT2D eigenvalue weighted by atomic mass is 10.0. The molecule has 116 valence electrons. The average molecular weight is 327 g/mol. The maximum atomic E-state index is 6.04. The van der Waals surface area contributed by atoms with Gasteiger partial charge in [0.05, 0.1) is 31.8 Å². The molecule has 1 aromatic heterocycles. The fourth-order valence-electron chi connectivity index (χ4n) is 2.28. The summed E-state index contributed by atoms with van der Waals surface area (Å²) in [6.45, 7) is 0. The van der Waals surface area contributed by atoms with Crippen molar-refractivity contribution >= 4 is 11.6 Å². The Labute approximate surface area is 139 Å². The average Bonchev–Trinajstić information content (AvgIpc) is 2.62. The quantitative estimate of drug-likeness (QED) is 0.709. The Bertz CT molecular complexity index is 802. The van der Waals surface area contributed by atoms with Gasteiger partial charge in [-0.3, -0.25) is 4.98 Å². The van der Waals surface area contributed by atoms with Crippen LogP contribution in [0.1, 0.15) is 0 Å². The highest BCUT2D eigenvalue weighted by Crippen LogP contribution is 2.31. The van der Waals surface area contributed by atoms with E-state index in [9.17, 15) is 0 Å². The maximum Gasteiger partial charge on any atom is 0.148 e. The lowest BCUT2D eigenvalue weighted by Crippen LogP contribution is -1.94. The van der Waals surface area contributed by atoms with Crippen LogP contribution in [0.5, 0.6) is 11.5 Å². The first-order valence-electron chi connectivity index (χ1n) is 7.02. The van der Waals surface area contributed by atoms with Crippen LogP contribution in [0.2, 0.25) is 5.15 Å². The number of methoxy groups -OCH3 is 2. The maximum absolute atomic E-state index is 6.04. The summed E-state index contributed by atoms with van der Waals surface area (Å²) in [6.07, 6.45) is 1.55. The third-order valence-corrected chi connectivity index (χ3v) is 3.65. The predicted octanol–water partition coefficient (Wildman–Crippen LogP) is 4.48. The lowest BCUT2D eigenvalue weighted by Gasteiger charge is -2.10. The fraction of sp³-hybridized carbons (Fsp3) is 0.111. The smallest absolute Gasteiger partial charge is 0.148 e. The summed E-state index contributed by atoms with van der Waals surface area (Å²) in [5.74, 6) is 1.58. The monoisotopic (exact) mass is 326 g/mol. The van der Waals surface area contributed by atoms with Gasteiger partial charge in [0.1, 0.15) is 16.7 Å². The SMILES string of the molecule is COc1ccc(-c2ncc(Cl)nc2-c2ccc(OC)cc2)cc1. The van der Waals surface area contributed by atoms with Crippen LogP contribution in [0.15, 0.2) is 54.7 Å². The molecule has 3 aromatic rings. The Morgan fingerprint density at radius 2 is 1.22 bits per heavy atom. The molecule has 23 heavy (non-hydrogen) atoms. The molecule has 0 bridgehead atoms. The topological polar surface area (TPSA) is 44.2 Å². The normalized spacial score (nSPS) is 10.4. The van der Waals surface area contributed by atoms with Gasteiger partial charge < -0.3 is 9.47 Å². The number of hydrogen-bond acceptors (Lipinski definition) is 4. The lowest BCUT2D eigenvalue weighted by molar-refractivity contribution is 0.414. The zero-order valence-corrected chi connectivity index (χ0v) is 13.5. The Hall–Kier alpha value is -2.59. The molecule has 0 unspecified atom stereocenters. The molecule has 3 rings (SSSR count). The van der Waals surface area contributed by atoms with Crippen molar-refractivity contribution in [2.45, 2.75) is 0 Å². The number of nitrogens with zero attached hydrogens (tertiary/aromatic N) is 2. The van der Waals surface area contributed by atoms with Crippen LogP contribution in [0.25, 0.3) is 22.5 Å². The molecular formula is C18H15ClN2O2. The summed E-state index contributed by atoms with van der Waals surface area (Å²) in [4.78, 5) is 8.91. The zero-order valence-electron chi connectivity index (χ0n) is 12.8. The van der Waals surface area contributed by atoms with Gasteiger partial charge in [-0.2, -0.15) is 0 Å². The van der Waals surface area contributed by atoms with Crippen LogP contribution in [0.4, 0.5) is 0 Å². The van der Waals surface area contributed by atoms with Crippen LogP contribution >= 0.6 is 11.6 Å². The first-order chi connectivity index (χ1) is 11.2. The highest BCUT2D eigenvalue weighted by Gasteiger charge is 2.12. The van der Waals surface area contributed by atoms with E-state index in [1.807, 2.05) is 48.5 Å². The molecule has 4 nitrogen and oxygen atoms in total. The van der Waals surface area contributed by atoms with Gasteiger partial charge in [0.15, 0.2) is 0 Å². The van der Waals surface area contributed by atoms with Crippen molar-refractivity contribution in [2.75, 3.05) is 14.2 Å². The Kier molecular flexibility index (Phi) is 4.44. The van der Waals surface area contributed by atoms with E-state index in [1.54, 1.807) is 20.4 Å². The van der Waals surface area contributed by atoms with Gasteiger partial charge in [0.25, 0.3) is 0 Å². The number of benzene rings is 2. The molecule has 0 atom stereocenters. The Balaban J connectivity index is 2.09. The fourth-order valence-corrected chi connectivity index (χ4v) is 2.41. The molecule has 2 aromatic carbocycles. The Morgan fingerprint density at radius 1 is 0.739 bits per heavy atom. The minimum absolute atomic E-state index is 0.355. The van der Waals surface area contributed by atoms with E-state index in [0.717, 1.165) is 34.0 Å². The molecule has 5 heteroatoms. The number of aromatic nitrogens is 2. The van der Waals surface area contributed by atoms with Crippen LogP contribution in [0, 0.1) is 0 Å². The van der Waals surface area contributed by atoms with Crippen molar-refractivity contribution < 1.29 is 9.47 Å². The second-order valence-corrected chi connectivity index (χ2v) is 5.23. The van der Waals surface area contributed by atoms with E-state index in [-0.39, 0.29) is 0 Å². The molecular weight excluding hydrogens is 312 g/mol. The highest BCUT2D eigenvalue weighted by atomic mass is 35.5. The molecule has 1 heterocycles. The van der Waals surface area contributed by atoms with Crippen LogP contribution in [0.3, 0.4) is 0 Å². The zero-order chi connectivity index (χ0) is 16.2. The van der Waals surface area contributed by atoms with Crippen molar-refractivity contribution in [3.8, 4) is 34.0 Å². The largest absolute Gasteiger partial charge is 0.497 e. The minimum atomic E-state index is 0.355. The van der Waals surface area contributed by atoms with Gasteiger partial charge >= 0.3 is 0 Å². The van der Waals surface area contributed by atoms with Gasteiger partial charge in [-0.05, 0) is 48.5 Å². The number of rotatable bonds is 4. The van der Waals surface area contributed by atoms with Gasteiger partial charge in [0.2, 0.25) is 0 Å². The standard InChI is InChI=1S/C18H15ClN2O2/c1-22-14-7-3-12(4-8-14)17-18(21-16(19)11-20-17)13-5-9-15(23-2)10-6-13/h3-11H,1-2H3. The van der Waals surface area contributed by atoms with E-state index in [0.29, 0.717) is 5.15 Å². The first kappa shape index (κ1) is 15.3. The number of hydrogen-bond donors (Lipinski definition) is 0. The molecule has 0 aliphatic rings. The highest BCUT2D eigenvalue weighted by molar-refractivity contribution is 6.29. The summed E-state index contributed by atoms with van der Waals surface area (Å²) < 4.78 is 10.4. The van der Waals surface area contributed by atoms with Gasteiger partial charge in [-0.1, -0.05) is 11.6 Å². The van der Waals surface area contributed by atoms with E-state index >= 15 is 0 Å². The van der Waals surface area contributed by atoms with E-state index in [2.05, 4.69) is 9.97 Å². The minimum Gasteiger partial charge on any atom is -0.497 e. The van der Waals surface area contributed by atoms with Gasteiger partial charge in [-0.15, -0.1) is 0 Å². The summed E-state index contributed by atoms with van der Waals surface area (Å²) in [7, 11) is 3.27. The van der Waals surface area contributed by atoms with E-state index in [1.165, 1.54) is 0 Å². The summed E-state index contributed by atoms with van der Waals surface area (Å²) in [5.41, 5.74) is 3.36.